The van der Waals surface area contributed by atoms with Gasteiger partial charge in [-0.05, 0) is 30.7 Å². The van der Waals surface area contributed by atoms with Crippen LogP contribution in [0.1, 0.15) is 12.5 Å². The van der Waals surface area contributed by atoms with E-state index in [1.165, 1.54) is 0 Å². The largest absolute Gasteiger partial charge is 1.00 e. The lowest BCUT2D eigenvalue weighted by Crippen LogP contribution is -3.00. The molecule has 128 valence electrons. The lowest BCUT2D eigenvalue weighted by molar-refractivity contribution is -0.684. The van der Waals surface area contributed by atoms with Gasteiger partial charge in [-0.1, -0.05) is 6.07 Å². The molecule has 0 aliphatic rings. The highest BCUT2D eigenvalue weighted by Gasteiger charge is 2.07. The van der Waals surface area contributed by atoms with Gasteiger partial charge in [0.2, 0.25) is 6.54 Å². The zero-order chi connectivity index (χ0) is 16.5. The first-order valence-corrected chi connectivity index (χ1v) is 7.29. The van der Waals surface area contributed by atoms with Crippen LogP contribution in [-0.4, -0.2) is 25.8 Å². The fourth-order valence-electron chi connectivity index (χ4n) is 1.96. The quantitative estimate of drug-likeness (QED) is 0.377. The zero-order valence-electron chi connectivity index (χ0n) is 13.6. The highest BCUT2D eigenvalue weighted by molar-refractivity contribution is 5.82. The zero-order valence-corrected chi connectivity index (χ0v) is 14.4. The summed E-state index contributed by atoms with van der Waals surface area (Å²) in [5.41, 5.74) is 3.30. The number of rotatable bonds is 7. The summed E-state index contributed by atoms with van der Waals surface area (Å²) in [7, 11) is 1.58. The van der Waals surface area contributed by atoms with Gasteiger partial charge in [-0.2, -0.15) is 9.67 Å². The number of nitrogens with zero attached hydrogens (tertiary/aromatic N) is 2. The van der Waals surface area contributed by atoms with Crippen molar-refractivity contribution < 1.29 is 31.2 Å². The first kappa shape index (κ1) is 19.4. The molecule has 0 saturated carbocycles. The molecule has 0 fully saturated rings. The van der Waals surface area contributed by atoms with E-state index in [0.29, 0.717) is 18.1 Å². The third kappa shape index (κ3) is 5.89. The Labute approximate surface area is 147 Å². The topological polar surface area (TPSA) is 63.8 Å². The van der Waals surface area contributed by atoms with Crippen molar-refractivity contribution in [3.8, 4) is 11.5 Å². The lowest BCUT2D eigenvalue weighted by Gasteiger charge is -2.09. The van der Waals surface area contributed by atoms with Crippen LogP contribution in [0.5, 0.6) is 11.5 Å². The third-order valence-corrected chi connectivity index (χ3v) is 2.99. The molecule has 6 nitrogen and oxygen atoms in total. The van der Waals surface area contributed by atoms with E-state index in [4.69, 9.17) is 9.47 Å². The highest BCUT2D eigenvalue weighted by atomic mass is 35.5. The molecule has 0 saturated heterocycles. The lowest BCUT2D eigenvalue weighted by atomic mass is 10.2. The number of pyridine rings is 1. The van der Waals surface area contributed by atoms with E-state index in [-0.39, 0.29) is 24.9 Å². The molecule has 7 heteroatoms. The Morgan fingerprint density at radius 3 is 2.67 bits per heavy atom. The number of ether oxygens (including phenoxy) is 2. The minimum atomic E-state index is -0.199. The molecule has 1 N–H and O–H groups in total. The fourth-order valence-corrected chi connectivity index (χ4v) is 1.96. The van der Waals surface area contributed by atoms with E-state index in [1.807, 2.05) is 49.6 Å². The second kappa shape index (κ2) is 10.2. The maximum Gasteiger partial charge on any atom is 0.305 e. The average Bonchev–Trinajstić information content (AvgIpc) is 2.57. The Morgan fingerprint density at radius 1 is 1.25 bits per heavy atom. The Kier molecular flexibility index (Phi) is 8.29. The number of nitrogens with one attached hydrogen (secondary N) is 1. The summed E-state index contributed by atoms with van der Waals surface area (Å²) in [6.07, 6.45) is 5.20. The van der Waals surface area contributed by atoms with Gasteiger partial charge in [0.15, 0.2) is 23.9 Å². The molecule has 24 heavy (non-hydrogen) atoms. The number of carbonyl (C=O) groups excluding carboxylic acids is 1. The van der Waals surface area contributed by atoms with Crippen molar-refractivity contribution in [2.45, 2.75) is 13.5 Å². The predicted octanol–water partition coefficient (Wildman–Crippen LogP) is -1.46. The normalized spacial score (nSPS) is 10.1. The number of hydrazone groups is 1. The molecule has 1 aromatic carbocycles. The Hall–Kier alpha value is -2.60. The maximum atomic E-state index is 11.8. The molecule has 0 unspecified atom stereocenters. The maximum absolute atomic E-state index is 11.8. The van der Waals surface area contributed by atoms with Gasteiger partial charge in [0.05, 0.1) is 19.9 Å². The van der Waals surface area contributed by atoms with Crippen molar-refractivity contribution >= 4 is 12.1 Å². The van der Waals surface area contributed by atoms with Crippen molar-refractivity contribution in [3.63, 3.8) is 0 Å². The molecule has 2 rings (SSSR count). The SMILES string of the molecule is CCOc1ccc(/C=N/NC(=O)C[n+]2ccccc2)cc1OC.[Cl-]. The first-order valence-electron chi connectivity index (χ1n) is 7.29. The van der Waals surface area contributed by atoms with E-state index in [1.54, 1.807) is 24.0 Å². The fraction of sp³-hybridized carbons (Fsp3) is 0.235. The van der Waals surface area contributed by atoms with Crippen LogP contribution in [0.3, 0.4) is 0 Å². The van der Waals surface area contributed by atoms with Gasteiger partial charge in [-0.15, -0.1) is 0 Å². The summed E-state index contributed by atoms with van der Waals surface area (Å²) >= 11 is 0. The number of amides is 1. The van der Waals surface area contributed by atoms with Crippen LogP contribution in [0.25, 0.3) is 0 Å². The summed E-state index contributed by atoms with van der Waals surface area (Å²) < 4.78 is 12.5. The molecule has 2 aromatic rings. The van der Waals surface area contributed by atoms with Crippen molar-refractivity contribution in [2.75, 3.05) is 13.7 Å². The van der Waals surface area contributed by atoms with Gasteiger partial charge in [-0.25, -0.2) is 5.43 Å². The molecule has 0 atom stereocenters. The number of methoxy groups -OCH3 is 1. The van der Waals surface area contributed by atoms with E-state index in [2.05, 4.69) is 10.5 Å². The van der Waals surface area contributed by atoms with Gasteiger partial charge < -0.3 is 21.9 Å². The summed E-state index contributed by atoms with van der Waals surface area (Å²) in [6.45, 7) is 2.69. The number of benzene rings is 1. The molecule has 0 aliphatic heterocycles. The summed E-state index contributed by atoms with van der Waals surface area (Å²) in [5.74, 6) is 1.11. The third-order valence-electron chi connectivity index (χ3n) is 2.99. The van der Waals surface area contributed by atoms with Crippen molar-refractivity contribution in [1.82, 2.24) is 5.43 Å². The van der Waals surface area contributed by atoms with Crippen LogP contribution in [0, 0.1) is 0 Å². The molecule has 1 amide bonds. The van der Waals surface area contributed by atoms with Crippen LogP contribution in [0.15, 0.2) is 53.9 Å². The number of aromatic nitrogens is 1. The van der Waals surface area contributed by atoms with Crippen molar-refractivity contribution in [1.29, 1.82) is 0 Å². The molecule has 0 radical (unpaired) electrons. The molecule has 0 aliphatic carbocycles. The van der Waals surface area contributed by atoms with Crippen LogP contribution in [0.2, 0.25) is 0 Å². The minimum absolute atomic E-state index is 0. The second-order valence-electron chi connectivity index (χ2n) is 4.68. The van der Waals surface area contributed by atoms with Crippen molar-refractivity contribution in [2.24, 2.45) is 5.10 Å². The monoisotopic (exact) mass is 349 g/mol. The average molecular weight is 350 g/mol. The van der Waals surface area contributed by atoms with Gasteiger partial charge in [0.1, 0.15) is 0 Å². The van der Waals surface area contributed by atoms with Crippen LogP contribution >= 0.6 is 0 Å². The molecule has 0 spiro atoms. The van der Waals surface area contributed by atoms with Crippen LogP contribution in [-0.2, 0) is 11.3 Å². The highest BCUT2D eigenvalue weighted by Crippen LogP contribution is 2.27. The minimum Gasteiger partial charge on any atom is -1.00 e. The summed E-state index contributed by atoms with van der Waals surface area (Å²) in [6, 6.07) is 11.1. The van der Waals surface area contributed by atoms with E-state index in [9.17, 15) is 4.79 Å². The van der Waals surface area contributed by atoms with Gasteiger partial charge in [-0.3, -0.25) is 4.79 Å². The smallest absolute Gasteiger partial charge is 0.305 e. The summed E-state index contributed by atoms with van der Waals surface area (Å²) in [5, 5.41) is 3.95. The second-order valence-corrected chi connectivity index (χ2v) is 4.68. The van der Waals surface area contributed by atoms with Crippen LogP contribution in [0.4, 0.5) is 0 Å². The molecule has 0 bridgehead atoms. The van der Waals surface area contributed by atoms with Crippen LogP contribution < -0.4 is 31.9 Å². The molecular formula is C17H20ClN3O3. The Bertz CT molecular complexity index is 678. The number of halogens is 1. The van der Waals surface area contributed by atoms with E-state index < -0.39 is 0 Å². The Morgan fingerprint density at radius 2 is 2.00 bits per heavy atom. The number of carbonyl (C=O) groups is 1. The number of hydrogen-bond donors (Lipinski definition) is 1. The standard InChI is InChI=1S/C17H19N3O3.ClH/c1-3-23-15-8-7-14(11-16(15)22-2)12-18-19-17(21)13-20-9-5-4-6-10-20;/h4-12H,3,13H2,1-2H3;1H/b18-12+;. The van der Waals surface area contributed by atoms with E-state index in [0.717, 1.165) is 5.56 Å². The van der Waals surface area contributed by atoms with Crippen molar-refractivity contribution in [3.05, 3.63) is 54.4 Å². The van der Waals surface area contributed by atoms with Gasteiger partial charge >= 0.3 is 5.91 Å². The molecule has 1 aromatic heterocycles. The Balaban J connectivity index is 0.00000288. The van der Waals surface area contributed by atoms with Gasteiger partial charge in [0, 0.05) is 12.1 Å². The molecular weight excluding hydrogens is 330 g/mol. The predicted molar refractivity (Wildman–Crippen MR) is 86.5 cm³/mol. The van der Waals surface area contributed by atoms with Gasteiger partial charge in [0.25, 0.3) is 0 Å². The summed E-state index contributed by atoms with van der Waals surface area (Å²) in [4.78, 5) is 11.8. The number of hydrogen-bond acceptors (Lipinski definition) is 4. The van der Waals surface area contributed by atoms with E-state index >= 15 is 0 Å². The first-order chi connectivity index (χ1) is 11.2. The molecule has 1 heterocycles.